The molecule has 148 valence electrons. The Morgan fingerprint density at radius 2 is 2.00 bits per heavy atom. The average molecular weight is 392 g/mol. The van der Waals surface area contributed by atoms with E-state index in [0.717, 1.165) is 16.7 Å². The third-order valence-corrected chi connectivity index (χ3v) is 4.75. The Morgan fingerprint density at radius 1 is 1.17 bits per heavy atom. The van der Waals surface area contributed by atoms with Crippen molar-refractivity contribution in [1.82, 2.24) is 5.01 Å². The number of ether oxygens (including phenoxy) is 2. The van der Waals surface area contributed by atoms with E-state index in [1.54, 1.807) is 19.2 Å². The van der Waals surface area contributed by atoms with Gasteiger partial charge in [0.05, 0.1) is 32.1 Å². The Hall–Kier alpha value is -3.61. The molecule has 2 aromatic carbocycles. The van der Waals surface area contributed by atoms with Gasteiger partial charge in [0.1, 0.15) is 11.3 Å². The van der Waals surface area contributed by atoms with Gasteiger partial charge < -0.3 is 13.9 Å². The Morgan fingerprint density at radius 3 is 2.79 bits per heavy atom. The number of furan rings is 1. The van der Waals surface area contributed by atoms with Gasteiger partial charge in [0, 0.05) is 23.4 Å². The molecule has 0 radical (unpaired) electrons. The number of nitrogens with zero attached hydrogens (tertiary/aromatic N) is 2. The number of fused-ring (bicyclic) bond motifs is 1. The van der Waals surface area contributed by atoms with Crippen molar-refractivity contribution in [1.29, 1.82) is 0 Å². The van der Waals surface area contributed by atoms with E-state index < -0.39 is 5.97 Å². The summed E-state index contributed by atoms with van der Waals surface area (Å²) < 4.78 is 15.8. The lowest BCUT2D eigenvalue weighted by molar-refractivity contribution is -0.151. The molecule has 0 spiro atoms. The Bertz CT molecular complexity index is 1070. The van der Waals surface area contributed by atoms with Gasteiger partial charge in [-0.05, 0) is 17.7 Å². The molecule has 3 aromatic rings. The number of amides is 1. The zero-order valence-electron chi connectivity index (χ0n) is 16.0. The zero-order chi connectivity index (χ0) is 20.2. The number of hydrogen-bond donors (Lipinski definition) is 0. The summed E-state index contributed by atoms with van der Waals surface area (Å²) >= 11 is 0. The summed E-state index contributed by atoms with van der Waals surface area (Å²) in [4.78, 5) is 24.5. The van der Waals surface area contributed by atoms with Crippen molar-refractivity contribution < 1.29 is 23.5 Å². The minimum Gasteiger partial charge on any atom is -0.497 e. The molecule has 1 aromatic heterocycles. The van der Waals surface area contributed by atoms with E-state index >= 15 is 0 Å². The zero-order valence-corrected chi connectivity index (χ0v) is 16.0. The van der Waals surface area contributed by atoms with Crippen molar-refractivity contribution in [3.63, 3.8) is 0 Å². The maximum absolute atomic E-state index is 12.3. The van der Waals surface area contributed by atoms with Crippen LogP contribution < -0.4 is 4.74 Å². The second-order valence-corrected chi connectivity index (χ2v) is 6.64. The molecule has 0 bridgehead atoms. The molecule has 0 saturated heterocycles. The van der Waals surface area contributed by atoms with Gasteiger partial charge in [-0.1, -0.05) is 30.3 Å². The fourth-order valence-corrected chi connectivity index (χ4v) is 3.22. The van der Waals surface area contributed by atoms with Crippen molar-refractivity contribution in [3.05, 3.63) is 65.9 Å². The van der Waals surface area contributed by atoms with E-state index in [0.29, 0.717) is 29.9 Å². The quantitative estimate of drug-likeness (QED) is 0.602. The smallest absolute Gasteiger partial charge is 0.310 e. The van der Waals surface area contributed by atoms with E-state index in [1.165, 1.54) is 11.3 Å². The predicted octanol–water partition coefficient (Wildman–Crippen LogP) is 3.16. The predicted molar refractivity (Wildman–Crippen MR) is 107 cm³/mol. The first-order valence-corrected chi connectivity index (χ1v) is 9.27. The first-order valence-electron chi connectivity index (χ1n) is 9.27. The monoisotopic (exact) mass is 392 g/mol. The van der Waals surface area contributed by atoms with Crippen molar-refractivity contribution >= 4 is 28.6 Å². The SMILES string of the molecule is COc1ccc2c(CC(=O)OCC(=O)N3CCC(c4ccccc4)=N3)coc2c1. The van der Waals surface area contributed by atoms with Crippen LogP contribution in [0.15, 0.2) is 64.3 Å². The number of esters is 1. The molecule has 1 aliphatic heterocycles. The number of hydrazone groups is 1. The van der Waals surface area contributed by atoms with Crippen LogP contribution in [0.4, 0.5) is 0 Å². The van der Waals surface area contributed by atoms with Crippen LogP contribution >= 0.6 is 0 Å². The molecule has 0 saturated carbocycles. The molecule has 2 heterocycles. The van der Waals surface area contributed by atoms with Crippen LogP contribution in [0.2, 0.25) is 0 Å². The molecule has 0 aliphatic carbocycles. The largest absolute Gasteiger partial charge is 0.497 e. The third-order valence-electron chi connectivity index (χ3n) is 4.75. The second kappa shape index (κ2) is 8.18. The van der Waals surface area contributed by atoms with Crippen LogP contribution in [-0.4, -0.2) is 42.9 Å². The number of carbonyl (C=O) groups excluding carboxylic acids is 2. The van der Waals surface area contributed by atoms with E-state index in [4.69, 9.17) is 13.9 Å². The van der Waals surface area contributed by atoms with E-state index in [2.05, 4.69) is 5.10 Å². The summed E-state index contributed by atoms with van der Waals surface area (Å²) in [6.45, 7) is 0.142. The molecule has 0 N–H and O–H groups in total. The fourth-order valence-electron chi connectivity index (χ4n) is 3.22. The maximum atomic E-state index is 12.3. The highest BCUT2D eigenvalue weighted by Crippen LogP contribution is 2.26. The fraction of sp³-hybridized carbons (Fsp3) is 0.227. The molecule has 0 fully saturated rings. The molecule has 0 unspecified atom stereocenters. The highest BCUT2D eigenvalue weighted by atomic mass is 16.5. The number of rotatable bonds is 6. The topological polar surface area (TPSA) is 81.3 Å². The molecule has 4 rings (SSSR count). The second-order valence-electron chi connectivity index (χ2n) is 6.64. The summed E-state index contributed by atoms with van der Waals surface area (Å²) in [5.41, 5.74) is 3.17. The molecule has 7 nitrogen and oxygen atoms in total. The minimum absolute atomic E-state index is 0.0190. The summed E-state index contributed by atoms with van der Waals surface area (Å²) in [5, 5.41) is 6.52. The molecule has 7 heteroatoms. The van der Waals surface area contributed by atoms with Gasteiger partial charge in [-0.3, -0.25) is 9.59 Å². The molecule has 1 amide bonds. The molecule has 0 atom stereocenters. The van der Waals surface area contributed by atoms with E-state index in [9.17, 15) is 9.59 Å². The van der Waals surface area contributed by atoms with Crippen molar-refractivity contribution in [2.75, 3.05) is 20.3 Å². The highest BCUT2D eigenvalue weighted by Gasteiger charge is 2.22. The van der Waals surface area contributed by atoms with Crippen LogP contribution in [0.3, 0.4) is 0 Å². The van der Waals surface area contributed by atoms with Crippen LogP contribution in [0, 0.1) is 0 Å². The molecular weight excluding hydrogens is 372 g/mol. The number of carbonyl (C=O) groups is 2. The lowest BCUT2D eigenvalue weighted by Crippen LogP contribution is -2.29. The van der Waals surface area contributed by atoms with Crippen LogP contribution in [0.5, 0.6) is 5.75 Å². The van der Waals surface area contributed by atoms with Crippen molar-refractivity contribution in [2.24, 2.45) is 5.10 Å². The molecule has 29 heavy (non-hydrogen) atoms. The van der Waals surface area contributed by atoms with Crippen LogP contribution in [0.1, 0.15) is 17.5 Å². The Kier molecular flexibility index (Phi) is 5.29. The maximum Gasteiger partial charge on any atom is 0.310 e. The Balaban J connectivity index is 1.33. The van der Waals surface area contributed by atoms with Gasteiger partial charge in [0.25, 0.3) is 5.91 Å². The van der Waals surface area contributed by atoms with E-state index in [1.807, 2.05) is 36.4 Å². The summed E-state index contributed by atoms with van der Waals surface area (Å²) in [7, 11) is 1.58. The lowest BCUT2D eigenvalue weighted by Gasteiger charge is -2.11. The van der Waals surface area contributed by atoms with E-state index in [-0.39, 0.29) is 18.9 Å². The molecule has 1 aliphatic rings. The Labute approximate surface area is 167 Å². The summed E-state index contributed by atoms with van der Waals surface area (Å²) in [6.07, 6.45) is 2.21. The molecular formula is C22H20N2O5. The summed E-state index contributed by atoms with van der Waals surface area (Å²) in [5.74, 6) is -0.165. The number of benzene rings is 2. The van der Waals surface area contributed by atoms with Gasteiger partial charge >= 0.3 is 5.97 Å². The van der Waals surface area contributed by atoms with Gasteiger partial charge in [0.15, 0.2) is 6.61 Å². The number of methoxy groups -OCH3 is 1. The standard InChI is InChI=1S/C22H20N2O5/c1-27-17-7-8-18-16(13-28-20(18)12-17)11-22(26)29-14-21(25)24-10-9-19(23-24)15-5-3-2-4-6-15/h2-8,12-13H,9-11,14H2,1H3. The number of hydrogen-bond acceptors (Lipinski definition) is 6. The van der Waals surface area contributed by atoms with Gasteiger partial charge in [-0.25, -0.2) is 5.01 Å². The minimum atomic E-state index is -0.497. The van der Waals surface area contributed by atoms with Crippen LogP contribution in [0.25, 0.3) is 11.0 Å². The highest BCUT2D eigenvalue weighted by molar-refractivity contribution is 6.02. The van der Waals surface area contributed by atoms with Crippen LogP contribution in [-0.2, 0) is 20.7 Å². The van der Waals surface area contributed by atoms with Gasteiger partial charge in [-0.15, -0.1) is 0 Å². The lowest BCUT2D eigenvalue weighted by atomic mass is 10.1. The first kappa shape index (κ1) is 18.7. The normalized spacial score (nSPS) is 13.4. The van der Waals surface area contributed by atoms with Crippen molar-refractivity contribution in [2.45, 2.75) is 12.8 Å². The van der Waals surface area contributed by atoms with Gasteiger partial charge in [-0.2, -0.15) is 5.10 Å². The van der Waals surface area contributed by atoms with Gasteiger partial charge in [0.2, 0.25) is 0 Å². The third kappa shape index (κ3) is 4.13. The first-order chi connectivity index (χ1) is 14.1. The average Bonchev–Trinajstić information content (AvgIpc) is 3.40. The summed E-state index contributed by atoms with van der Waals surface area (Å²) in [6, 6.07) is 15.1. The van der Waals surface area contributed by atoms with Crippen molar-refractivity contribution in [3.8, 4) is 5.75 Å².